The number of aliphatic hydroxyl groups is 1. The quantitative estimate of drug-likeness (QED) is 0.888. The van der Waals surface area contributed by atoms with Gasteiger partial charge in [0.15, 0.2) is 0 Å². The number of amides is 1. The maximum atomic E-state index is 12.2. The number of benzene rings is 2. The van der Waals surface area contributed by atoms with Gasteiger partial charge >= 0.3 is 0 Å². The van der Waals surface area contributed by atoms with E-state index in [-0.39, 0.29) is 5.91 Å². The number of carbonyl (C=O) groups is 1. The van der Waals surface area contributed by atoms with Gasteiger partial charge in [-0.3, -0.25) is 4.79 Å². The number of methoxy groups -OCH3 is 1. The molecular weight excluding hydrogens is 266 g/mol. The van der Waals surface area contributed by atoms with Gasteiger partial charge < -0.3 is 15.2 Å². The molecule has 2 unspecified atom stereocenters. The lowest BCUT2D eigenvalue weighted by atomic mass is 9.96. The van der Waals surface area contributed by atoms with Gasteiger partial charge in [-0.15, -0.1) is 0 Å². The summed E-state index contributed by atoms with van der Waals surface area (Å²) < 4.78 is 5.06. The lowest BCUT2D eigenvalue weighted by molar-refractivity contribution is -0.122. The van der Waals surface area contributed by atoms with Gasteiger partial charge in [0.1, 0.15) is 5.75 Å². The van der Waals surface area contributed by atoms with Crippen molar-refractivity contribution in [2.75, 3.05) is 12.4 Å². The monoisotopic (exact) mass is 285 g/mol. The van der Waals surface area contributed by atoms with Crippen molar-refractivity contribution in [2.24, 2.45) is 5.92 Å². The van der Waals surface area contributed by atoms with E-state index in [0.717, 1.165) is 11.3 Å². The van der Waals surface area contributed by atoms with Crippen molar-refractivity contribution in [3.63, 3.8) is 0 Å². The van der Waals surface area contributed by atoms with E-state index in [4.69, 9.17) is 4.74 Å². The fourth-order valence-corrected chi connectivity index (χ4v) is 2.01. The molecule has 0 aliphatic carbocycles. The first kappa shape index (κ1) is 15.1. The number of nitrogens with one attached hydrogen (secondary N) is 1. The van der Waals surface area contributed by atoms with E-state index in [2.05, 4.69) is 5.32 Å². The molecule has 2 aromatic carbocycles. The minimum Gasteiger partial charge on any atom is -0.497 e. The lowest BCUT2D eigenvalue weighted by Gasteiger charge is -2.19. The van der Waals surface area contributed by atoms with Crippen LogP contribution in [-0.4, -0.2) is 18.1 Å². The van der Waals surface area contributed by atoms with E-state index in [1.54, 1.807) is 38.3 Å². The van der Waals surface area contributed by atoms with Gasteiger partial charge in [-0.25, -0.2) is 0 Å². The molecule has 0 saturated carbocycles. The van der Waals surface area contributed by atoms with Crippen LogP contribution in [0.1, 0.15) is 18.6 Å². The van der Waals surface area contributed by atoms with E-state index in [1.807, 2.05) is 30.3 Å². The molecule has 4 heteroatoms. The zero-order valence-corrected chi connectivity index (χ0v) is 12.1. The lowest BCUT2D eigenvalue weighted by Crippen LogP contribution is -2.25. The van der Waals surface area contributed by atoms with Gasteiger partial charge in [0.05, 0.1) is 19.1 Å². The van der Waals surface area contributed by atoms with Crippen LogP contribution in [-0.2, 0) is 4.79 Å². The molecule has 0 spiro atoms. The van der Waals surface area contributed by atoms with Crippen molar-refractivity contribution < 1.29 is 14.6 Å². The largest absolute Gasteiger partial charge is 0.497 e. The van der Waals surface area contributed by atoms with Crippen molar-refractivity contribution in [3.8, 4) is 5.75 Å². The number of anilines is 1. The van der Waals surface area contributed by atoms with Crippen molar-refractivity contribution in [1.82, 2.24) is 0 Å². The fraction of sp³-hybridized carbons (Fsp3) is 0.235. The highest BCUT2D eigenvalue weighted by Crippen LogP contribution is 2.23. The highest BCUT2D eigenvalue weighted by atomic mass is 16.5. The number of carbonyl (C=O) groups excluding carboxylic acids is 1. The van der Waals surface area contributed by atoms with E-state index >= 15 is 0 Å². The first-order valence-electron chi connectivity index (χ1n) is 6.79. The molecule has 0 heterocycles. The van der Waals surface area contributed by atoms with Crippen LogP contribution in [0, 0.1) is 5.92 Å². The van der Waals surface area contributed by atoms with Crippen molar-refractivity contribution >= 4 is 11.6 Å². The highest BCUT2D eigenvalue weighted by Gasteiger charge is 2.23. The van der Waals surface area contributed by atoms with Gasteiger partial charge in [0.25, 0.3) is 0 Å². The molecule has 21 heavy (non-hydrogen) atoms. The van der Waals surface area contributed by atoms with Gasteiger partial charge in [0.2, 0.25) is 5.91 Å². The molecule has 0 saturated heterocycles. The number of hydrogen-bond donors (Lipinski definition) is 2. The summed E-state index contributed by atoms with van der Waals surface area (Å²) in [6.07, 6.45) is -0.829. The van der Waals surface area contributed by atoms with Gasteiger partial charge in [0, 0.05) is 5.69 Å². The molecule has 0 aliphatic heterocycles. The van der Waals surface area contributed by atoms with Crippen LogP contribution in [0.3, 0.4) is 0 Å². The predicted molar refractivity (Wildman–Crippen MR) is 82.2 cm³/mol. The third-order valence-corrected chi connectivity index (χ3v) is 3.39. The first-order chi connectivity index (χ1) is 10.1. The number of hydrogen-bond acceptors (Lipinski definition) is 3. The van der Waals surface area contributed by atoms with E-state index in [1.165, 1.54) is 0 Å². The molecule has 0 aromatic heterocycles. The molecule has 110 valence electrons. The second-order valence-corrected chi connectivity index (χ2v) is 4.86. The van der Waals surface area contributed by atoms with Crippen molar-refractivity contribution in [3.05, 3.63) is 60.2 Å². The highest BCUT2D eigenvalue weighted by molar-refractivity contribution is 5.92. The Morgan fingerprint density at radius 3 is 2.29 bits per heavy atom. The van der Waals surface area contributed by atoms with E-state index in [9.17, 15) is 9.90 Å². The summed E-state index contributed by atoms with van der Waals surface area (Å²) >= 11 is 0. The number of ether oxygens (including phenoxy) is 1. The summed E-state index contributed by atoms with van der Waals surface area (Å²) in [6.45, 7) is 1.70. The molecule has 1 amide bonds. The zero-order valence-electron chi connectivity index (χ0n) is 12.1. The van der Waals surface area contributed by atoms with Gasteiger partial charge in [-0.2, -0.15) is 0 Å². The summed E-state index contributed by atoms with van der Waals surface area (Å²) in [6, 6.07) is 16.2. The first-order valence-corrected chi connectivity index (χ1v) is 6.79. The second-order valence-electron chi connectivity index (χ2n) is 4.86. The predicted octanol–water partition coefficient (Wildman–Crippen LogP) is 3.00. The van der Waals surface area contributed by atoms with Gasteiger partial charge in [-0.05, 0) is 29.8 Å². The topological polar surface area (TPSA) is 58.6 Å². The Balaban J connectivity index is 2.01. The molecule has 2 rings (SSSR count). The van der Waals surface area contributed by atoms with Crippen molar-refractivity contribution in [1.29, 1.82) is 0 Å². The SMILES string of the molecule is COc1ccc(NC(=O)C(C)C(O)c2ccccc2)cc1. The Hall–Kier alpha value is -2.33. The summed E-state index contributed by atoms with van der Waals surface area (Å²) in [4.78, 5) is 12.2. The Morgan fingerprint density at radius 2 is 1.71 bits per heavy atom. The Morgan fingerprint density at radius 1 is 1.10 bits per heavy atom. The Bertz CT molecular complexity index is 581. The Kier molecular flexibility index (Phi) is 4.95. The van der Waals surface area contributed by atoms with Crippen LogP contribution in [0.25, 0.3) is 0 Å². The minimum absolute atomic E-state index is 0.225. The summed E-state index contributed by atoms with van der Waals surface area (Å²) in [5, 5.41) is 13.0. The molecular formula is C17H19NO3. The molecule has 2 atom stereocenters. The van der Waals surface area contributed by atoms with Crippen LogP contribution >= 0.6 is 0 Å². The molecule has 0 bridgehead atoms. The third kappa shape index (κ3) is 3.83. The minimum atomic E-state index is -0.829. The summed E-state index contributed by atoms with van der Waals surface area (Å²) in [5.41, 5.74) is 1.41. The second kappa shape index (κ2) is 6.90. The zero-order chi connectivity index (χ0) is 15.2. The van der Waals surface area contributed by atoms with E-state index in [0.29, 0.717) is 5.69 Å². The fourth-order valence-electron chi connectivity index (χ4n) is 2.01. The molecule has 0 fully saturated rings. The number of rotatable bonds is 5. The standard InChI is InChI=1S/C17H19NO3/c1-12(16(19)13-6-4-3-5-7-13)17(20)18-14-8-10-15(21-2)11-9-14/h3-12,16,19H,1-2H3,(H,18,20). The third-order valence-electron chi connectivity index (χ3n) is 3.39. The van der Waals surface area contributed by atoms with Crippen LogP contribution in [0.15, 0.2) is 54.6 Å². The van der Waals surface area contributed by atoms with Crippen molar-refractivity contribution in [2.45, 2.75) is 13.0 Å². The molecule has 0 radical (unpaired) electrons. The Labute approximate surface area is 124 Å². The molecule has 2 aromatic rings. The molecule has 0 aliphatic rings. The number of aliphatic hydroxyl groups excluding tert-OH is 1. The van der Waals surface area contributed by atoms with Crippen LogP contribution in [0.2, 0.25) is 0 Å². The summed E-state index contributed by atoms with van der Waals surface area (Å²) in [7, 11) is 1.59. The maximum Gasteiger partial charge on any atom is 0.230 e. The summed E-state index contributed by atoms with van der Waals surface area (Å²) in [5.74, 6) is -0.0450. The van der Waals surface area contributed by atoms with Crippen LogP contribution in [0.4, 0.5) is 5.69 Å². The molecule has 2 N–H and O–H groups in total. The normalized spacial score (nSPS) is 13.3. The van der Waals surface area contributed by atoms with Crippen LogP contribution < -0.4 is 10.1 Å². The van der Waals surface area contributed by atoms with Gasteiger partial charge in [-0.1, -0.05) is 37.3 Å². The average molecular weight is 285 g/mol. The van der Waals surface area contributed by atoms with Crippen LogP contribution in [0.5, 0.6) is 5.75 Å². The smallest absolute Gasteiger partial charge is 0.230 e. The van der Waals surface area contributed by atoms with E-state index < -0.39 is 12.0 Å². The molecule has 4 nitrogen and oxygen atoms in total. The maximum absolute atomic E-state index is 12.2. The average Bonchev–Trinajstić information content (AvgIpc) is 2.55.